The lowest BCUT2D eigenvalue weighted by Gasteiger charge is -2.08. The number of fused-ring (bicyclic) bond motifs is 1. The Morgan fingerprint density at radius 1 is 1.35 bits per heavy atom. The van der Waals surface area contributed by atoms with Crippen LogP contribution in [0.1, 0.15) is 0 Å². The molecule has 5 heteroatoms. The molecule has 2 heterocycles. The first-order valence-corrected chi connectivity index (χ1v) is 5.05. The molecule has 0 saturated heterocycles. The Morgan fingerprint density at radius 2 is 2.24 bits per heavy atom. The minimum Gasteiger partial charge on any atom is -0.618 e. The van der Waals surface area contributed by atoms with Crippen molar-refractivity contribution in [3.8, 4) is 22.8 Å². The number of hydrogen-bond acceptors (Lipinski definition) is 4. The molecule has 0 fully saturated rings. The summed E-state index contributed by atoms with van der Waals surface area (Å²) in [5.74, 6) is 1.16. The van der Waals surface area contributed by atoms with Gasteiger partial charge in [-0.15, -0.1) is 0 Å². The monoisotopic (exact) mass is 229 g/mol. The van der Waals surface area contributed by atoms with Crippen molar-refractivity contribution in [2.75, 3.05) is 12.5 Å². The normalized spacial score (nSPS) is 12.7. The maximum atomic E-state index is 11.8. The number of nitrogens with two attached hydrogens (primary N) is 1. The average Bonchev–Trinajstić information content (AvgIpc) is 2.77. The van der Waals surface area contributed by atoms with Gasteiger partial charge in [0.15, 0.2) is 17.7 Å². The van der Waals surface area contributed by atoms with Crippen LogP contribution in [0.25, 0.3) is 11.3 Å². The van der Waals surface area contributed by atoms with Gasteiger partial charge in [0.2, 0.25) is 6.79 Å². The van der Waals surface area contributed by atoms with E-state index >= 15 is 0 Å². The summed E-state index contributed by atoms with van der Waals surface area (Å²) in [5.41, 5.74) is 7.00. The minimum atomic E-state index is 0.154. The van der Waals surface area contributed by atoms with E-state index in [0.717, 1.165) is 0 Å². The van der Waals surface area contributed by atoms with Gasteiger partial charge in [-0.05, 0) is 12.1 Å². The standard InChI is InChI=1S/C12H9N2O3/c13-9-4-2-6-14(15)11(9)8-3-1-5-10-12(8)17-7-16-10/h1-3,5-6H,7,13H2. The van der Waals surface area contributed by atoms with Crippen LogP contribution in [-0.2, 0) is 0 Å². The number of rotatable bonds is 1. The molecule has 0 aliphatic carbocycles. The molecule has 0 saturated carbocycles. The van der Waals surface area contributed by atoms with Crippen molar-refractivity contribution in [2.24, 2.45) is 0 Å². The SMILES string of the molecule is Nc1[c]cc[n+]([O-])c1-c1cccc2c1OCO2. The lowest BCUT2D eigenvalue weighted by Crippen LogP contribution is -2.29. The molecule has 1 aromatic carbocycles. The van der Waals surface area contributed by atoms with E-state index in [-0.39, 0.29) is 12.5 Å². The summed E-state index contributed by atoms with van der Waals surface area (Å²) in [4.78, 5) is 0. The van der Waals surface area contributed by atoms with Crippen LogP contribution < -0.4 is 19.9 Å². The molecule has 0 atom stereocenters. The van der Waals surface area contributed by atoms with Crippen molar-refractivity contribution < 1.29 is 14.2 Å². The number of aromatic nitrogens is 1. The predicted molar refractivity (Wildman–Crippen MR) is 60.2 cm³/mol. The fourth-order valence-electron chi connectivity index (χ4n) is 1.84. The van der Waals surface area contributed by atoms with Gasteiger partial charge in [-0.25, -0.2) is 0 Å². The molecular formula is C12H9N2O3. The number of anilines is 1. The highest BCUT2D eigenvalue weighted by Crippen LogP contribution is 2.41. The average molecular weight is 229 g/mol. The molecule has 2 N–H and O–H groups in total. The van der Waals surface area contributed by atoms with E-state index in [4.69, 9.17) is 15.2 Å². The second-order valence-electron chi connectivity index (χ2n) is 3.59. The summed E-state index contributed by atoms with van der Waals surface area (Å²) in [6, 6.07) is 9.60. The number of pyridine rings is 1. The summed E-state index contributed by atoms with van der Waals surface area (Å²) in [5, 5.41) is 11.8. The molecule has 3 rings (SSSR count). The Bertz CT molecular complexity index is 564. The Kier molecular flexibility index (Phi) is 2.04. The van der Waals surface area contributed by atoms with E-state index in [1.165, 1.54) is 12.3 Å². The summed E-state index contributed by atoms with van der Waals surface area (Å²) in [7, 11) is 0. The number of benzene rings is 1. The lowest BCUT2D eigenvalue weighted by molar-refractivity contribution is -0.593. The Labute approximate surface area is 97.6 Å². The summed E-state index contributed by atoms with van der Waals surface area (Å²) in [6.45, 7) is 0.154. The second-order valence-corrected chi connectivity index (χ2v) is 3.59. The van der Waals surface area contributed by atoms with Crippen LogP contribution in [0.4, 0.5) is 5.69 Å². The third-order valence-electron chi connectivity index (χ3n) is 2.58. The van der Waals surface area contributed by atoms with Crippen LogP contribution in [0.2, 0.25) is 0 Å². The molecule has 1 aliphatic heterocycles. The zero-order valence-electron chi connectivity index (χ0n) is 8.84. The van der Waals surface area contributed by atoms with E-state index in [0.29, 0.717) is 27.5 Å². The summed E-state index contributed by atoms with van der Waals surface area (Å²) >= 11 is 0. The molecular weight excluding hydrogens is 220 g/mol. The van der Waals surface area contributed by atoms with E-state index in [2.05, 4.69) is 6.07 Å². The lowest BCUT2D eigenvalue weighted by atomic mass is 10.1. The zero-order valence-corrected chi connectivity index (χ0v) is 8.84. The quantitative estimate of drug-likeness (QED) is 0.587. The fraction of sp³-hybridized carbons (Fsp3) is 0.0833. The minimum absolute atomic E-state index is 0.154. The Hall–Kier alpha value is -2.43. The highest BCUT2D eigenvalue weighted by molar-refractivity contribution is 5.77. The van der Waals surface area contributed by atoms with Gasteiger partial charge in [0, 0.05) is 12.1 Å². The zero-order chi connectivity index (χ0) is 11.8. The highest BCUT2D eigenvalue weighted by atomic mass is 16.7. The fourth-order valence-corrected chi connectivity index (χ4v) is 1.84. The first-order valence-electron chi connectivity index (χ1n) is 5.05. The van der Waals surface area contributed by atoms with Gasteiger partial charge in [0.05, 0.1) is 5.56 Å². The maximum Gasteiger partial charge on any atom is 0.251 e. The highest BCUT2D eigenvalue weighted by Gasteiger charge is 2.24. The molecule has 1 aromatic heterocycles. The molecule has 1 aliphatic rings. The number of para-hydroxylation sites is 1. The van der Waals surface area contributed by atoms with Gasteiger partial charge in [-0.1, -0.05) is 6.07 Å². The first-order chi connectivity index (χ1) is 8.27. The first kappa shape index (κ1) is 9.77. The van der Waals surface area contributed by atoms with Crippen LogP contribution in [0.15, 0.2) is 30.5 Å². The largest absolute Gasteiger partial charge is 0.618 e. The number of nitrogens with zero attached hydrogens (tertiary/aromatic N) is 1. The molecule has 2 aromatic rings. The number of nitrogen functional groups attached to an aromatic ring is 1. The molecule has 0 unspecified atom stereocenters. The van der Waals surface area contributed by atoms with Crippen molar-refractivity contribution in [3.63, 3.8) is 0 Å². The van der Waals surface area contributed by atoms with Gasteiger partial charge < -0.3 is 20.4 Å². The van der Waals surface area contributed by atoms with E-state index < -0.39 is 0 Å². The third kappa shape index (κ3) is 1.44. The van der Waals surface area contributed by atoms with Gasteiger partial charge in [-0.2, -0.15) is 4.73 Å². The molecule has 0 amide bonds. The molecule has 17 heavy (non-hydrogen) atoms. The van der Waals surface area contributed by atoms with Gasteiger partial charge in [0.25, 0.3) is 5.69 Å². The number of hydrogen-bond donors (Lipinski definition) is 1. The maximum absolute atomic E-state index is 11.8. The Balaban J connectivity index is 2.26. The molecule has 0 spiro atoms. The van der Waals surface area contributed by atoms with E-state index in [9.17, 15) is 5.21 Å². The van der Waals surface area contributed by atoms with Crippen molar-refractivity contribution >= 4 is 5.69 Å². The van der Waals surface area contributed by atoms with Crippen molar-refractivity contribution in [3.05, 3.63) is 41.7 Å². The van der Waals surface area contributed by atoms with Crippen LogP contribution in [0, 0.1) is 11.3 Å². The second kappa shape index (κ2) is 3.55. The van der Waals surface area contributed by atoms with E-state index in [1.54, 1.807) is 18.2 Å². The van der Waals surface area contributed by atoms with Gasteiger partial charge in [-0.3, -0.25) is 0 Å². The van der Waals surface area contributed by atoms with Crippen LogP contribution >= 0.6 is 0 Å². The van der Waals surface area contributed by atoms with Crippen molar-refractivity contribution in [1.29, 1.82) is 0 Å². The summed E-state index contributed by atoms with van der Waals surface area (Å²) < 4.78 is 11.3. The number of ether oxygens (including phenoxy) is 2. The molecule has 85 valence electrons. The topological polar surface area (TPSA) is 71.4 Å². The van der Waals surface area contributed by atoms with E-state index in [1.807, 2.05) is 0 Å². The van der Waals surface area contributed by atoms with Gasteiger partial charge in [0.1, 0.15) is 5.69 Å². The summed E-state index contributed by atoms with van der Waals surface area (Å²) in [6.07, 6.45) is 1.35. The third-order valence-corrected chi connectivity index (χ3v) is 2.58. The van der Waals surface area contributed by atoms with Crippen LogP contribution in [0.5, 0.6) is 11.5 Å². The molecule has 5 nitrogen and oxygen atoms in total. The van der Waals surface area contributed by atoms with Crippen LogP contribution in [-0.4, -0.2) is 6.79 Å². The molecule has 0 bridgehead atoms. The predicted octanol–water partition coefficient (Wildman–Crippen LogP) is 1.10. The Morgan fingerprint density at radius 3 is 3.06 bits per heavy atom. The van der Waals surface area contributed by atoms with Crippen LogP contribution in [0.3, 0.4) is 0 Å². The van der Waals surface area contributed by atoms with Gasteiger partial charge >= 0.3 is 0 Å². The van der Waals surface area contributed by atoms with Crippen molar-refractivity contribution in [1.82, 2.24) is 0 Å². The smallest absolute Gasteiger partial charge is 0.251 e. The molecule has 1 radical (unpaired) electrons. The van der Waals surface area contributed by atoms with Crippen molar-refractivity contribution in [2.45, 2.75) is 0 Å².